The Hall–Kier alpha value is -0.710. The highest BCUT2D eigenvalue weighted by molar-refractivity contribution is 7.80. The molecule has 0 atom stereocenters. The van der Waals surface area contributed by atoms with Crippen LogP contribution in [0.2, 0.25) is 0 Å². The van der Waals surface area contributed by atoms with Crippen LogP contribution in [0.3, 0.4) is 0 Å². The lowest BCUT2D eigenvalue weighted by Gasteiger charge is -2.18. The smallest absolute Gasteiger partial charge is 0.123 e. The molecule has 0 aromatic heterocycles. The van der Waals surface area contributed by atoms with Crippen LogP contribution in [0.15, 0.2) is 24.3 Å². The van der Waals surface area contributed by atoms with Gasteiger partial charge in [0.2, 0.25) is 0 Å². The van der Waals surface area contributed by atoms with Crippen LogP contribution >= 0.6 is 12.6 Å². The summed E-state index contributed by atoms with van der Waals surface area (Å²) in [6.45, 7) is 3.23. The summed E-state index contributed by atoms with van der Waals surface area (Å²) < 4.78 is 10.7. The lowest BCUT2D eigenvalue weighted by Crippen LogP contribution is -2.23. The van der Waals surface area contributed by atoms with E-state index in [1.807, 2.05) is 18.2 Å². The second-order valence-electron chi connectivity index (χ2n) is 3.89. The zero-order chi connectivity index (χ0) is 12.5. The van der Waals surface area contributed by atoms with E-state index in [1.165, 1.54) is 5.56 Å². The first-order chi connectivity index (χ1) is 8.27. The molecule has 3 nitrogen and oxygen atoms in total. The van der Waals surface area contributed by atoms with Crippen molar-refractivity contribution >= 4 is 12.6 Å². The van der Waals surface area contributed by atoms with Crippen molar-refractivity contribution in [3.63, 3.8) is 0 Å². The Morgan fingerprint density at radius 1 is 1.24 bits per heavy atom. The first kappa shape index (κ1) is 14.4. The molecule has 0 fully saturated rings. The van der Waals surface area contributed by atoms with E-state index in [1.54, 1.807) is 7.11 Å². The standard InChI is InChI=1S/C13H21NO2S/c1-14(7-8-16-9-10-17)11-12-5-3-4-6-13(12)15-2/h3-6,17H,7-11H2,1-2H3. The largest absolute Gasteiger partial charge is 0.496 e. The molecule has 0 aliphatic carbocycles. The molecule has 1 aromatic rings. The summed E-state index contributed by atoms with van der Waals surface area (Å²) in [7, 11) is 3.78. The summed E-state index contributed by atoms with van der Waals surface area (Å²) in [6.07, 6.45) is 0. The minimum Gasteiger partial charge on any atom is -0.496 e. The third-order valence-electron chi connectivity index (χ3n) is 2.49. The zero-order valence-corrected chi connectivity index (χ0v) is 11.5. The third-order valence-corrected chi connectivity index (χ3v) is 2.67. The molecular weight excluding hydrogens is 234 g/mol. The maximum absolute atomic E-state index is 5.40. The number of para-hydroxylation sites is 1. The fourth-order valence-corrected chi connectivity index (χ4v) is 1.72. The van der Waals surface area contributed by atoms with Gasteiger partial charge < -0.3 is 9.47 Å². The maximum Gasteiger partial charge on any atom is 0.123 e. The van der Waals surface area contributed by atoms with Gasteiger partial charge in [0, 0.05) is 24.4 Å². The average Bonchev–Trinajstić information content (AvgIpc) is 2.35. The van der Waals surface area contributed by atoms with Crippen LogP contribution < -0.4 is 4.74 Å². The second-order valence-corrected chi connectivity index (χ2v) is 4.33. The van der Waals surface area contributed by atoms with Crippen molar-refractivity contribution in [1.82, 2.24) is 4.90 Å². The number of nitrogens with zero attached hydrogens (tertiary/aromatic N) is 1. The normalized spacial score (nSPS) is 10.8. The summed E-state index contributed by atoms with van der Waals surface area (Å²) in [5.74, 6) is 1.71. The fourth-order valence-electron chi connectivity index (χ4n) is 1.59. The predicted octanol–water partition coefficient (Wildman–Crippen LogP) is 2.07. The molecule has 0 aliphatic rings. The van der Waals surface area contributed by atoms with Crippen molar-refractivity contribution in [2.75, 3.05) is 39.7 Å². The minimum absolute atomic E-state index is 0.714. The van der Waals surface area contributed by atoms with Gasteiger partial charge >= 0.3 is 0 Å². The number of hydrogen-bond donors (Lipinski definition) is 1. The van der Waals surface area contributed by atoms with Crippen molar-refractivity contribution in [3.8, 4) is 5.75 Å². The van der Waals surface area contributed by atoms with Crippen molar-refractivity contribution in [2.24, 2.45) is 0 Å². The number of hydrogen-bond acceptors (Lipinski definition) is 4. The van der Waals surface area contributed by atoms with Gasteiger partial charge in [-0.15, -0.1) is 0 Å². The Morgan fingerprint density at radius 2 is 2.00 bits per heavy atom. The van der Waals surface area contributed by atoms with E-state index in [9.17, 15) is 0 Å². The van der Waals surface area contributed by atoms with Crippen LogP contribution in [-0.2, 0) is 11.3 Å². The van der Waals surface area contributed by atoms with Crippen molar-refractivity contribution in [1.29, 1.82) is 0 Å². The van der Waals surface area contributed by atoms with E-state index in [2.05, 4.69) is 30.6 Å². The molecule has 0 radical (unpaired) electrons. The van der Waals surface area contributed by atoms with E-state index in [0.717, 1.165) is 31.2 Å². The van der Waals surface area contributed by atoms with Gasteiger partial charge in [-0.25, -0.2) is 0 Å². The van der Waals surface area contributed by atoms with E-state index in [4.69, 9.17) is 9.47 Å². The first-order valence-corrected chi connectivity index (χ1v) is 6.40. The van der Waals surface area contributed by atoms with Crippen LogP contribution in [0.4, 0.5) is 0 Å². The molecule has 17 heavy (non-hydrogen) atoms. The van der Waals surface area contributed by atoms with Crippen LogP contribution in [0.5, 0.6) is 5.75 Å². The SMILES string of the molecule is COc1ccccc1CN(C)CCOCCS. The topological polar surface area (TPSA) is 21.7 Å². The monoisotopic (exact) mass is 255 g/mol. The molecule has 0 amide bonds. The quantitative estimate of drug-likeness (QED) is 0.568. The first-order valence-electron chi connectivity index (χ1n) is 5.77. The van der Waals surface area contributed by atoms with Crippen LogP contribution in [-0.4, -0.2) is 44.6 Å². The molecule has 1 aromatic carbocycles. The summed E-state index contributed by atoms with van der Waals surface area (Å²) in [6, 6.07) is 8.09. The number of methoxy groups -OCH3 is 1. The number of rotatable bonds is 8. The van der Waals surface area contributed by atoms with E-state index in [0.29, 0.717) is 6.61 Å². The third kappa shape index (κ3) is 5.44. The minimum atomic E-state index is 0.714. The van der Waals surface area contributed by atoms with Gasteiger partial charge in [0.25, 0.3) is 0 Å². The van der Waals surface area contributed by atoms with E-state index < -0.39 is 0 Å². The lowest BCUT2D eigenvalue weighted by molar-refractivity contribution is 0.122. The van der Waals surface area contributed by atoms with Crippen LogP contribution in [0.1, 0.15) is 5.56 Å². The van der Waals surface area contributed by atoms with Crippen molar-refractivity contribution < 1.29 is 9.47 Å². The second kappa shape index (κ2) is 8.39. The molecular formula is C13H21NO2S. The Balaban J connectivity index is 2.36. The molecule has 0 unspecified atom stereocenters. The molecule has 0 spiro atoms. The molecule has 0 N–H and O–H groups in total. The summed E-state index contributed by atoms with van der Waals surface area (Å²) in [4.78, 5) is 2.22. The molecule has 0 bridgehead atoms. The molecule has 0 saturated carbocycles. The van der Waals surface area contributed by atoms with Gasteiger partial charge in [-0.05, 0) is 13.1 Å². The average molecular weight is 255 g/mol. The fraction of sp³-hybridized carbons (Fsp3) is 0.538. The van der Waals surface area contributed by atoms with Gasteiger partial charge in [-0.3, -0.25) is 4.90 Å². The Morgan fingerprint density at radius 3 is 2.71 bits per heavy atom. The van der Waals surface area contributed by atoms with Crippen molar-refractivity contribution in [2.45, 2.75) is 6.54 Å². The highest BCUT2D eigenvalue weighted by Gasteiger charge is 2.05. The molecule has 4 heteroatoms. The highest BCUT2D eigenvalue weighted by Crippen LogP contribution is 2.18. The van der Waals surface area contributed by atoms with Gasteiger partial charge in [-0.1, -0.05) is 18.2 Å². The van der Waals surface area contributed by atoms with E-state index in [-0.39, 0.29) is 0 Å². The van der Waals surface area contributed by atoms with Crippen molar-refractivity contribution in [3.05, 3.63) is 29.8 Å². The Bertz CT molecular complexity index is 320. The molecule has 0 heterocycles. The maximum atomic E-state index is 5.40. The summed E-state index contributed by atoms with van der Waals surface area (Å²) >= 11 is 4.10. The van der Waals surface area contributed by atoms with Crippen LogP contribution in [0, 0.1) is 0 Å². The van der Waals surface area contributed by atoms with Gasteiger partial charge in [0.1, 0.15) is 5.75 Å². The molecule has 0 aliphatic heterocycles. The molecule has 96 valence electrons. The van der Waals surface area contributed by atoms with Gasteiger partial charge in [0.15, 0.2) is 0 Å². The number of ether oxygens (including phenoxy) is 2. The number of benzene rings is 1. The molecule has 0 saturated heterocycles. The predicted molar refractivity (Wildman–Crippen MR) is 74.0 cm³/mol. The van der Waals surface area contributed by atoms with Gasteiger partial charge in [0.05, 0.1) is 20.3 Å². The number of thiol groups is 1. The van der Waals surface area contributed by atoms with Gasteiger partial charge in [-0.2, -0.15) is 12.6 Å². The molecule has 1 rings (SSSR count). The lowest BCUT2D eigenvalue weighted by atomic mass is 10.2. The number of likely N-dealkylation sites (N-methyl/N-ethyl adjacent to an activating group) is 1. The Labute approximate surface area is 109 Å². The zero-order valence-electron chi connectivity index (χ0n) is 10.6. The summed E-state index contributed by atoms with van der Waals surface area (Å²) in [5.41, 5.74) is 1.20. The summed E-state index contributed by atoms with van der Waals surface area (Å²) in [5, 5.41) is 0. The Kier molecular flexibility index (Phi) is 7.08. The van der Waals surface area contributed by atoms with E-state index >= 15 is 0 Å². The highest BCUT2D eigenvalue weighted by atomic mass is 32.1. The van der Waals surface area contributed by atoms with Crippen LogP contribution in [0.25, 0.3) is 0 Å².